The van der Waals surface area contributed by atoms with Crippen LogP contribution in [-0.4, -0.2) is 35.0 Å². The molecule has 0 atom stereocenters. The first-order chi connectivity index (χ1) is 11.8. The van der Waals surface area contributed by atoms with E-state index in [1.54, 1.807) is 19.0 Å². The van der Waals surface area contributed by atoms with Crippen LogP contribution in [0.5, 0.6) is 5.88 Å². The van der Waals surface area contributed by atoms with Crippen LogP contribution in [-0.2, 0) is 6.42 Å². The predicted octanol–water partition coefficient (Wildman–Crippen LogP) is 2.93. The second-order valence-corrected chi connectivity index (χ2v) is 5.73. The summed E-state index contributed by atoms with van der Waals surface area (Å²) >= 11 is 0. The summed E-state index contributed by atoms with van der Waals surface area (Å²) < 4.78 is 5.47. The summed E-state index contributed by atoms with van der Waals surface area (Å²) in [6, 6.07) is 5.25. The molecule has 2 aromatic rings. The number of ether oxygens (including phenoxy) is 1. The normalized spacial score (nSPS) is 10.4. The highest BCUT2D eigenvalue weighted by Crippen LogP contribution is 2.24. The van der Waals surface area contributed by atoms with E-state index in [2.05, 4.69) is 9.97 Å². The van der Waals surface area contributed by atoms with Gasteiger partial charge >= 0.3 is 5.97 Å². The van der Waals surface area contributed by atoms with Gasteiger partial charge in [0.05, 0.1) is 10.5 Å². The van der Waals surface area contributed by atoms with Crippen molar-refractivity contribution in [1.29, 1.82) is 0 Å². The molecule has 0 saturated heterocycles. The van der Waals surface area contributed by atoms with Crippen LogP contribution < -0.4 is 9.64 Å². The lowest BCUT2D eigenvalue weighted by molar-refractivity contribution is -0.384. The van der Waals surface area contributed by atoms with Gasteiger partial charge in [-0.1, -0.05) is 13.3 Å². The molecule has 0 unspecified atom stereocenters. The molecule has 1 heterocycles. The Morgan fingerprint density at radius 2 is 1.88 bits per heavy atom. The van der Waals surface area contributed by atoms with Gasteiger partial charge in [-0.25, -0.2) is 9.78 Å². The second kappa shape index (κ2) is 7.69. The summed E-state index contributed by atoms with van der Waals surface area (Å²) in [6.07, 6.45) is 1.54. The Hall–Kier alpha value is -3.03. The molecule has 2 rings (SSSR count). The third kappa shape index (κ3) is 4.28. The van der Waals surface area contributed by atoms with Gasteiger partial charge in [-0.2, -0.15) is 4.98 Å². The highest BCUT2D eigenvalue weighted by molar-refractivity contribution is 5.91. The molecule has 0 fully saturated rings. The van der Waals surface area contributed by atoms with Crippen molar-refractivity contribution in [3.05, 3.63) is 51.2 Å². The molecule has 1 aromatic carbocycles. The van der Waals surface area contributed by atoms with Crippen molar-refractivity contribution in [2.45, 2.75) is 26.7 Å². The van der Waals surface area contributed by atoms with Crippen LogP contribution in [0.3, 0.4) is 0 Å². The minimum atomic E-state index is -0.616. The number of nitrogens with zero attached hydrogens (tertiary/aromatic N) is 4. The highest BCUT2D eigenvalue weighted by Gasteiger charge is 2.18. The number of carbonyl (C=O) groups excluding carboxylic acids is 1. The van der Waals surface area contributed by atoms with Crippen molar-refractivity contribution in [2.24, 2.45) is 0 Å². The summed E-state index contributed by atoms with van der Waals surface area (Å²) in [5.74, 6) is 0.0558. The number of nitro groups is 1. The van der Waals surface area contributed by atoms with Crippen LogP contribution in [0.15, 0.2) is 24.3 Å². The van der Waals surface area contributed by atoms with E-state index in [0.717, 1.165) is 17.7 Å². The van der Waals surface area contributed by atoms with Crippen LogP contribution in [0, 0.1) is 17.0 Å². The van der Waals surface area contributed by atoms with Gasteiger partial charge in [0.2, 0.25) is 11.8 Å². The molecular formula is C17H20N4O4. The molecule has 132 valence electrons. The maximum Gasteiger partial charge on any atom is 0.344 e. The zero-order chi connectivity index (χ0) is 18.6. The van der Waals surface area contributed by atoms with Crippen LogP contribution in [0.4, 0.5) is 11.6 Å². The van der Waals surface area contributed by atoms with Crippen molar-refractivity contribution in [2.75, 3.05) is 19.0 Å². The van der Waals surface area contributed by atoms with Gasteiger partial charge in [-0.15, -0.1) is 0 Å². The maximum atomic E-state index is 12.4. The van der Waals surface area contributed by atoms with Gasteiger partial charge in [0, 0.05) is 37.5 Å². The van der Waals surface area contributed by atoms with E-state index in [4.69, 9.17) is 4.74 Å². The minimum Gasteiger partial charge on any atom is -0.403 e. The number of anilines is 1. The van der Waals surface area contributed by atoms with E-state index in [1.807, 2.05) is 13.8 Å². The zero-order valence-corrected chi connectivity index (χ0v) is 14.6. The number of non-ortho nitro benzene ring substituents is 1. The van der Waals surface area contributed by atoms with Gasteiger partial charge in [-0.05, 0) is 25.5 Å². The topological polar surface area (TPSA) is 98.5 Å². The number of hydrogen-bond acceptors (Lipinski definition) is 7. The fourth-order valence-corrected chi connectivity index (χ4v) is 2.24. The SMILES string of the molecule is CCCc1c(C)nc(N(C)C)nc1OC(=O)c1ccc([N+](=O)[O-])cc1. The van der Waals surface area contributed by atoms with Gasteiger partial charge in [0.15, 0.2) is 0 Å². The van der Waals surface area contributed by atoms with Crippen molar-refractivity contribution in [1.82, 2.24) is 9.97 Å². The molecule has 0 aliphatic carbocycles. The van der Waals surface area contributed by atoms with Crippen molar-refractivity contribution in [3.8, 4) is 5.88 Å². The molecule has 25 heavy (non-hydrogen) atoms. The molecule has 8 nitrogen and oxygen atoms in total. The molecular weight excluding hydrogens is 324 g/mol. The molecule has 0 amide bonds. The maximum absolute atomic E-state index is 12.4. The Balaban J connectivity index is 2.33. The zero-order valence-electron chi connectivity index (χ0n) is 14.6. The van der Waals surface area contributed by atoms with Gasteiger partial charge in [0.25, 0.3) is 5.69 Å². The lowest BCUT2D eigenvalue weighted by Crippen LogP contribution is -2.17. The number of aryl methyl sites for hydroxylation is 1. The molecule has 0 spiro atoms. The van der Waals surface area contributed by atoms with E-state index in [0.29, 0.717) is 12.4 Å². The largest absolute Gasteiger partial charge is 0.403 e. The first-order valence-corrected chi connectivity index (χ1v) is 7.85. The minimum absolute atomic E-state index is 0.0870. The molecule has 0 saturated carbocycles. The number of hydrogen-bond donors (Lipinski definition) is 0. The Morgan fingerprint density at radius 1 is 1.24 bits per heavy atom. The van der Waals surface area contributed by atoms with E-state index < -0.39 is 10.9 Å². The Labute approximate surface area is 145 Å². The van der Waals surface area contributed by atoms with E-state index in [1.165, 1.54) is 24.3 Å². The predicted molar refractivity (Wildman–Crippen MR) is 93.1 cm³/mol. The molecule has 0 radical (unpaired) electrons. The first kappa shape index (κ1) is 18.3. The molecule has 0 aliphatic heterocycles. The van der Waals surface area contributed by atoms with E-state index >= 15 is 0 Å². The summed E-state index contributed by atoms with van der Waals surface area (Å²) in [6.45, 7) is 3.87. The molecule has 0 aliphatic rings. The fraction of sp³-hybridized carbons (Fsp3) is 0.353. The third-order valence-electron chi connectivity index (χ3n) is 3.57. The van der Waals surface area contributed by atoms with Crippen molar-refractivity contribution in [3.63, 3.8) is 0 Å². The Bertz CT molecular complexity index is 788. The standard InChI is InChI=1S/C17H20N4O4/c1-5-6-14-11(2)18-17(20(3)4)19-15(14)25-16(22)12-7-9-13(10-8-12)21(23)24/h7-10H,5-6H2,1-4H3. The van der Waals surface area contributed by atoms with Crippen LogP contribution in [0.2, 0.25) is 0 Å². The number of rotatable bonds is 6. The smallest absolute Gasteiger partial charge is 0.344 e. The average Bonchev–Trinajstić information content (AvgIpc) is 2.57. The summed E-state index contributed by atoms with van der Waals surface area (Å²) in [5, 5.41) is 10.7. The Morgan fingerprint density at radius 3 is 2.40 bits per heavy atom. The molecule has 8 heteroatoms. The second-order valence-electron chi connectivity index (χ2n) is 5.73. The van der Waals surface area contributed by atoms with Crippen LogP contribution in [0.1, 0.15) is 35.0 Å². The fourth-order valence-electron chi connectivity index (χ4n) is 2.24. The van der Waals surface area contributed by atoms with Gasteiger partial charge in [0.1, 0.15) is 0 Å². The monoisotopic (exact) mass is 344 g/mol. The summed E-state index contributed by atoms with van der Waals surface area (Å²) in [7, 11) is 3.60. The number of esters is 1. The lowest BCUT2D eigenvalue weighted by atomic mass is 10.1. The number of benzene rings is 1. The Kier molecular flexibility index (Phi) is 5.63. The van der Waals surface area contributed by atoms with Gasteiger partial charge < -0.3 is 9.64 Å². The summed E-state index contributed by atoms with van der Waals surface area (Å²) in [5.41, 5.74) is 1.67. The molecule has 0 bridgehead atoms. The number of aromatic nitrogens is 2. The highest BCUT2D eigenvalue weighted by atomic mass is 16.6. The lowest BCUT2D eigenvalue weighted by Gasteiger charge is -2.16. The third-order valence-corrected chi connectivity index (χ3v) is 3.57. The van der Waals surface area contributed by atoms with E-state index in [9.17, 15) is 14.9 Å². The van der Waals surface area contributed by atoms with Crippen LogP contribution >= 0.6 is 0 Å². The van der Waals surface area contributed by atoms with Crippen molar-refractivity contribution >= 4 is 17.6 Å². The first-order valence-electron chi connectivity index (χ1n) is 7.85. The summed E-state index contributed by atoms with van der Waals surface area (Å²) in [4.78, 5) is 33.0. The molecule has 1 aromatic heterocycles. The number of nitro benzene ring substituents is 1. The average molecular weight is 344 g/mol. The number of carbonyl (C=O) groups is 1. The quantitative estimate of drug-likeness (QED) is 0.451. The van der Waals surface area contributed by atoms with E-state index in [-0.39, 0.29) is 17.1 Å². The van der Waals surface area contributed by atoms with Crippen molar-refractivity contribution < 1.29 is 14.5 Å². The van der Waals surface area contributed by atoms with Crippen LogP contribution in [0.25, 0.3) is 0 Å². The molecule has 0 N–H and O–H groups in total. The van der Waals surface area contributed by atoms with Gasteiger partial charge in [-0.3, -0.25) is 10.1 Å².